The SMILES string of the molecule is COc1c(CN2CC[C@@H]3CCCN[C@@H]3C2)c(F)cc2c(=O)c(C(=O)O)cn(C3CC3)c12.[Cl-]. The maximum absolute atomic E-state index is 15.3. The average Bonchev–Trinajstić information content (AvgIpc) is 3.60. The molecule has 9 heteroatoms. The lowest BCUT2D eigenvalue weighted by molar-refractivity contribution is -0.0000228. The summed E-state index contributed by atoms with van der Waals surface area (Å²) < 4.78 is 22.8. The second-order valence-corrected chi connectivity index (χ2v) is 9.07. The van der Waals surface area contributed by atoms with Gasteiger partial charge in [0, 0.05) is 36.9 Å². The summed E-state index contributed by atoms with van der Waals surface area (Å²) in [6.07, 6.45) is 6.74. The molecule has 3 fully saturated rings. The van der Waals surface area contributed by atoms with Crippen molar-refractivity contribution in [3.8, 4) is 5.75 Å². The number of fused-ring (bicyclic) bond motifs is 2. The van der Waals surface area contributed by atoms with Gasteiger partial charge >= 0.3 is 5.97 Å². The second-order valence-electron chi connectivity index (χ2n) is 9.07. The van der Waals surface area contributed by atoms with Crippen molar-refractivity contribution in [2.45, 2.75) is 50.7 Å². The van der Waals surface area contributed by atoms with E-state index >= 15 is 4.39 Å². The molecule has 2 atom stereocenters. The van der Waals surface area contributed by atoms with Gasteiger partial charge in [0.1, 0.15) is 11.4 Å². The van der Waals surface area contributed by atoms with Crippen LogP contribution in [0.3, 0.4) is 0 Å². The number of halogens is 2. The van der Waals surface area contributed by atoms with Gasteiger partial charge in [0.25, 0.3) is 0 Å². The van der Waals surface area contributed by atoms with Crippen LogP contribution in [0, 0.1) is 11.7 Å². The maximum Gasteiger partial charge on any atom is 0.341 e. The first-order valence-electron chi connectivity index (χ1n) is 11.1. The Kier molecular flexibility index (Phi) is 6.47. The Morgan fingerprint density at radius 1 is 1.31 bits per heavy atom. The summed E-state index contributed by atoms with van der Waals surface area (Å²) in [6.45, 7) is 3.19. The van der Waals surface area contributed by atoms with E-state index in [9.17, 15) is 14.7 Å². The highest BCUT2D eigenvalue weighted by Crippen LogP contribution is 2.41. The fraction of sp³-hybridized carbons (Fsp3) is 0.565. The van der Waals surface area contributed by atoms with Crippen molar-refractivity contribution in [1.29, 1.82) is 0 Å². The molecule has 0 unspecified atom stereocenters. The molecule has 0 bridgehead atoms. The quantitative estimate of drug-likeness (QED) is 0.635. The van der Waals surface area contributed by atoms with Gasteiger partial charge in [-0.25, -0.2) is 9.18 Å². The Balaban J connectivity index is 0.00000245. The topological polar surface area (TPSA) is 83.8 Å². The van der Waals surface area contributed by atoms with E-state index in [2.05, 4.69) is 10.2 Å². The smallest absolute Gasteiger partial charge is 0.341 e. The number of rotatable bonds is 5. The summed E-state index contributed by atoms with van der Waals surface area (Å²) in [4.78, 5) is 26.7. The van der Waals surface area contributed by atoms with Gasteiger partial charge in [0.15, 0.2) is 5.75 Å². The maximum atomic E-state index is 15.3. The van der Waals surface area contributed by atoms with Crippen LogP contribution >= 0.6 is 0 Å². The molecule has 0 amide bonds. The van der Waals surface area contributed by atoms with Crippen LogP contribution < -0.4 is 27.9 Å². The number of likely N-dealkylation sites (tertiary alicyclic amines) is 1. The number of hydrogen-bond acceptors (Lipinski definition) is 5. The highest BCUT2D eigenvalue weighted by atomic mass is 35.5. The first-order valence-corrected chi connectivity index (χ1v) is 11.1. The number of piperidine rings is 2. The highest BCUT2D eigenvalue weighted by molar-refractivity contribution is 5.95. The van der Waals surface area contributed by atoms with Crippen molar-refractivity contribution >= 4 is 16.9 Å². The van der Waals surface area contributed by atoms with E-state index < -0.39 is 17.2 Å². The molecule has 1 saturated carbocycles. The molecule has 2 saturated heterocycles. The Morgan fingerprint density at radius 3 is 2.78 bits per heavy atom. The molecule has 174 valence electrons. The summed E-state index contributed by atoms with van der Waals surface area (Å²) in [5, 5.41) is 13.1. The first-order chi connectivity index (χ1) is 15.0. The van der Waals surface area contributed by atoms with Gasteiger partial charge < -0.3 is 32.1 Å². The largest absolute Gasteiger partial charge is 1.00 e. The minimum atomic E-state index is -1.30. The van der Waals surface area contributed by atoms with Crippen LogP contribution in [-0.4, -0.2) is 53.3 Å². The Labute approximate surface area is 191 Å². The van der Waals surface area contributed by atoms with Gasteiger partial charge in [-0.1, -0.05) is 0 Å². The van der Waals surface area contributed by atoms with Crippen LogP contribution in [0.5, 0.6) is 5.75 Å². The average molecular weight is 465 g/mol. The molecule has 1 aromatic heterocycles. The monoisotopic (exact) mass is 464 g/mol. The predicted octanol–water partition coefficient (Wildman–Crippen LogP) is -0.240. The molecule has 2 N–H and O–H groups in total. The van der Waals surface area contributed by atoms with Crippen molar-refractivity contribution in [1.82, 2.24) is 14.8 Å². The zero-order valence-corrected chi connectivity index (χ0v) is 18.8. The number of methoxy groups -OCH3 is 1. The Morgan fingerprint density at radius 2 is 2.09 bits per heavy atom. The van der Waals surface area contributed by atoms with Crippen molar-refractivity contribution < 1.29 is 31.4 Å². The van der Waals surface area contributed by atoms with Crippen LogP contribution in [0.1, 0.15) is 54.1 Å². The number of nitrogens with zero attached hydrogens (tertiary/aromatic N) is 2. The number of benzene rings is 1. The molecule has 2 aromatic rings. The number of carbonyl (C=O) groups is 1. The van der Waals surface area contributed by atoms with Crippen LogP contribution in [0.25, 0.3) is 10.9 Å². The number of aromatic nitrogens is 1. The lowest BCUT2D eigenvalue weighted by atomic mass is 9.85. The molecule has 1 aliphatic carbocycles. The number of aromatic carboxylic acids is 1. The van der Waals surface area contributed by atoms with Crippen LogP contribution in [-0.2, 0) is 6.54 Å². The van der Waals surface area contributed by atoms with Crippen molar-refractivity contribution in [3.05, 3.63) is 39.4 Å². The normalized spacial score (nSPS) is 23.4. The number of pyridine rings is 1. The standard InChI is InChI=1S/C23H28FN3O4.ClH/c1-31-22-16(10-26-8-6-13-3-2-7-25-19(13)12-26)18(24)9-15-20(22)27(14-4-5-14)11-17(21(15)28)23(29)30;/h9,11,13-14,19,25H,2-8,10,12H2,1H3,(H,29,30);1H/p-1/t13-,19+;/m0./s1. The molecule has 0 radical (unpaired) electrons. The number of ether oxygens (including phenoxy) is 1. The van der Waals surface area contributed by atoms with E-state index in [1.165, 1.54) is 32.2 Å². The van der Waals surface area contributed by atoms with E-state index in [4.69, 9.17) is 4.74 Å². The van der Waals surface area contributed by atoms with Crippen LogP contribution in [0.2, 0.25) is 0 Å². The van der Waals surface area contributed by atoms with E-state index in [-0.39, 0.29) is 29.4 Å². The van der Waals surface area contributed by atoms with Crippen molar-refractivity contribution in [3.63, 3.8) is 0 Å². The molecular weight excluding hydrogens is 437 g/mol. The van der Waals surface area contributed by atoms with Crippen LogP contribution in [0.4, 0.5) is 4.39 Å². The molecule has 3 heterocycles. The van der Waals surface area contributed by atoms with Gasteiger partial charge in [-0.05, 0) is 57.2 Å². The van der Waals surface area contributed by atoms with E-state index in [1.807, 2.05) is 0 Å². The van der Waals surface area contributed by atoms with Gasteiger partial charge in [-0.2, -0.15) is 0 Å². The van der Waals surface area contributed by atoms with Gasteiger partial charge in [-0.15, -0.1) is 0 Å². The zero-order valence-electron chi connectivity index (χ0n) is 18.1. The Hall–Kier alpha value is -2.16. The van der Waals surface area contributed by atoms with E-state index in [1.54, 1.807) is 4.57 Å². The second kappa shape index (κ2) is 9.00. The zero-order chi connectivity index (χ0) is 21.7. The van der Waals surface area contributed by atoms with Gasteiger partial charge in [0.2, 0.25) is 5.43 Å². The summed E-state index contributed by atoms with van der Waals surface area (Å²) in [5.74, 6) is -0.796. The number of carboxylic acids is 1. The molecule has 3 aliphatic rings. The van der Waals surface area contributed by atoms with E-state index in [0.29, 0.717) is 35.3 Å². The third-order valence-corrected chi connectivity index (χ3v) is 7.07. The van der Waals surface area contributed by atoms with Crippen LogP contribution in [0.15, 0.2) is 17.1 Å². The number of nitrogens with one attached hydrogen (secondary N) is 1. The lowest BCUT2D eigenvalue weighted by Gasteiger charge is -2.42. The summed E-state index contributed by atoms with van der Waals surface area (Å²) in [7, 11) is 1.49. The van der Waals surface area contributed by atoms with Gasteiger partial charge in [-0.3, -0.25) is 9.69 Å². The third kappa shape index (κ3) is 4.00. The third-order valence-electron chi connectivity index (χ3n) is 7.07. The molecule has 32 heavy (non-hydrogen) atoms. The fourth-order valence-electron chi connectivity index (χ4n) is 5.32. The predicted molar refractivity (Wildman–Crippen MR) is 114 cm³/mol. The van der Waals surface area contributed by atoms with Crippen molar-refractivity contribution in [2.24, 2.45) is 5.92 Å². The van der Waals surface area contributed by atoms with E-state index in [0.717, 1.165) is 38.9 Å². The molecular formula is C23H28ClFN3O4-. The minimum absolute atomic E-state index is 0. The summed E-state index contributed by atoms with van der Waals surface area (Å²) in [6, 6.07) is 1.74. The summed E-state index contributed by atoms with van der Waals surface area (Å²) in [5.41, 5.74) is -0.0716. The fourth-order valence-corrected chi connectivity index (χ4v) is 5.32. The summed E-state index contributed by atoms with van der Waals surface area (Å²) >= 11 is 0. The lowest BCUT2D eigenvalue weighted by Crippen LogP contribution is -3.00. The molecule has 2 aliphatic heterocycles. The molecule has 0 spiro atoms. The van der Waals surface area contributed by atoms with Gasteiger partial charge in [0.05, 0.1) is 18.0 Å². The number of hydrogen-bond donors (Lipinski definition) is 2. The molecule has 5 rings (SSSR count). The first kappa shape index (κ1) is 23.0. The molecule has 1 aromatic carbocycles. The molecule has 7 nitrogen and oxygen atoms in total. The Bertz CT molecular complexity index is 1100. The number of carboxylic acid groups (broad SMARTS) is 1. The van der Waals surface area contributed by atoms with Crippen molar-refractivity contribution in [2.75, 3.05) is 26.7 Å². The highest BCUT2D eigenvalue weighted by Gasteiger charge is 2.33. The minimum Gasteiger partial charge on any atom is -1.00 e.